The summed E-state index contributed by atoms with van der Waals surface area (Å²) < 4.78 is 348. The summed E-state index contributed by atoms with van der Waals surface area (Å²) in [4.78, 5) is 4.19. The van der Waals surface area contributed by atoms with E-state index in [1.807, 2.05) is 6.07 Å². The van der Waals surface area contributed by atoms with Gasteiger partial charge in [-0.25, -0.2) is 0 Å². The van der Waals surface area contributed by atoms with Crippen molar-refractivity contribution in [2.75, 3.05) is 6.54 Å². The summed E-state index contributed by atoms with van der Waals surface area (Å²) in [6, 6.07) is 23.1. The van der Waals surface area contributed by atoms with Gasteiger partial charge in [0.15, 0.2) is 0 Å². The summed E-state index contributed by atoms with van der Waals surface area (Å²) in [6.07, 6.45) is -36.7. The summed E-state index contributed by atoms with van der Waals surface area (Å²) in [5.41, 5.74) is -29.0. The Morgan fingerprint density at radius 2 is 0.625 bits per heavy atom. The van der Waals surface area contributed by atoms with Gasteiger partial charge in [-0.3, -0.25) is 0 Å². The van der Waals surface area contributed by atoms with Crippen LogP contribution in [0, 0.1) is 32.4 Å². The molecule has 7 aromatic carbocycles. The van der Waals surface area contributed by atoms with Crippen LogP contribution in [0.3, 0.4) is 0 Å². The molecule has 7 radical (unpaired) electrons. The zero-order valence-electron chi connectivity index (χ0n) is 49.5. The Hall–Kier alpha value is -6.70. The number of hydrogen-bond donors (Lipinski definition) is 0. The fraction of sp³-hybridized carbons (Fsp3) is 0.258. The van der Waals surface area contributed by atoms with Gasteiger partial charge in [-0.15, -0.1) is 0 Å². The number of hydrogen-bond acceptors (Lipinski definition) is 3. The largest absolute Gasteiger partial charge is 0.416 e. The number of benzene rings is 7. The van der Waals surface area contributed by atoms with Crippen LogP contribution in [-0.2, 0) is 74.0 Å². The van der Waals surface area contributed by atoms with E-state index in [0.29, 0.717) is 12.6 Å². The molecule has 0 spiro atoms. The third-order valence-corrected chi connectivity index (χ3v) is 16.7. The van der Waals surface area contributed by atoms with Crippen molar-refractivity contribution < 1.29 is 130 Å². The van der Waals surface area contributed by atoms with E-state index < -0.39 is 203 Å². The molecule has 1 fully saturated rings. The molecular formula is C66H51BF24IrN2OP-. The van der Waals surface area contributed by atoms with Gasteiger partial charge in [-0.2, -0.15) is 127 Å². The molecule has 0 aromatic heterocycles. The molecule has 0 amide bonds. The molecule has 0 unspecified atom stereocenters. The zero-order chi connectivity index (χ0) is 70.3. The van der Waals surface area contributed by atoms with Gasteiger partial charge in [0.05, 0.1) is 59.2 Å². The fourth-order valence-electron chi connectivity index (χ4n) is 10.3. The van der Waals surface area contributed by atoms with Crippen LogP contribution < -0.4 is 32.5 Å². The average Bonchev–Trinajstić information content (AvgIpc) is 0.761. The second-order valence-corrected chi connectivity index (χ2v) is 23.7. The van der Waals surface area contributed by atoms with Crippen molar-refractivity contribution >= 4 is 46.8 Å². The first-order valence-corrected chi connectivity index (χ1v) is 29.5. The molecule has 9 rings (SSSR count). The van der Waals surface area contributed by atoms with Crippen LogP contribution in [0.25, 0.3) is 0 Å². The van der Waals surface area contributed by atoms with Gasteiger partial charge in [0.1, 0.15) is 12.2 Å². The summed E-state index contributed by atoms with van der Waals surface area (Å²) in [7, 11) is -0.950. The number of halogens is 24. The van der Waals surface area contributed by atoms with Gasteiger partial charge < -0.3 is 14.3 Å². The SMILES string of the molecule is CC(C)N1[C]N(C[C@@H](OP(c2ccccc2)c2ccccc2)c2ccccc2)C=C1.FC(F)(F)c1cc([B-](c2cc(C(F)(F)F)cc(C(F)(F)F)c2)(c2cc(C(F)(F)F)cc(C(F)(F)F)c2)c2cc(C(F)(F)F)cc(C(F)(F)F)c2)cc(C(F)(F)F)c1.[CH]1[CH]CC[CH][CH]CC1.[Ir]. The topological polar surface area (TPSA) is 15.7 Å². The zero-order valence-corrected chi connectivity index (χ0v) is 52.8. The second kappa shape index (κ2) is 31.0. The van der Waals surface area contributed by atoms with Crippen LogP contribution in [0.2, 0.25) is 0 Å². The van der Waals surface area contributed by atoms with Crippen molar-refractivity contribution in [1.82, 2.24) is 9.80 Å². The van der Waals surface area contributed by atoms with E-state index in [-0.39, 0.29) is 26.2 Å². The van der Waals surface area contributed by atoms with Crippen molar-refractivity contribution in [1.29, 1.82) is 0 Å². The van der Waals surface area contributed by atoms with E-state index in [9.17, 15) is 105 Å². The van der Waals surface area contributed by atoms with Crippen LogP contribution in [-0.4, -0.2) is 28.5 Å². The summed E-state index contributed by atoms with van der Waals surface area (Å²) in [6.45, 7) is 8.46. The van der Waals surface area contributed by atoms with E-state index in [1.165, 1.54) is 41.9 Å². The standard InChI is InChI=1S/C32H12BF24.C26H27N2OP.C8H12.Ir/c34-25(35,36)13-1-14(26(37,38)39)6-21(5-13)33(22-7-15(27(40,41)42)2-16(8-22)28(43,44)45,23-9-17(29(46,47)48)3-18(10-23)30(49,50)51)24-11-19(31(52,53)54)4-20(12-24)32(55,56)57;1-22(2)28-19-18-27(21-28)20-26(23-12-6-3-7-13-23)29-30(24-14-8-4-9-15-24)25-16-10-5-11-17-25;1-2-4-6-8-7-5-3-1;/h1-12H;3-19,22,26H,20H2,1-2H3;1-2,7-8H,3-6H2;/q-1;;;/t;26-;;/m.1../s1. The van der Waals surface area contributed by atoms with E-state index in [2.05, 4.69) is 153 Å². The molecule has 30 heteroatoms. The van der Waals surface area contributed by atoms with Crippen molar-refractivity contribution in [3.8, 4) is 0 Å². The Labute approximate surface area is 550 Å². The predicted octanol–water partition coefficient (Wildman–Crippen LogP) is 18.9. The summed E-state index contributed by atoms with van der Waals surface area (Å²) in [5, 5.41) is 2.43. The molecule has 7 aromatic rings. The third-order valence-electron chi connectivity index (χ3n) is 14.7. The van der Waals surface area contributed by atoms with E-state index in [0.717, 1.165) is 0 Å². The molecule has 96 heavy (non-hydrogen) atoms. The van der Waals surface area contributed by atoms with Crippen molar-refractivity contribution in [2.24, 2.45) is 0 Å². The molecule has 1 heterocycles. The molecule has 1 aliphatic heterocycles. The van der Waals surface area contributed by atoms with Crippen LogP contribution in [0.5, 0.6) is 0 Å². The fourth-order valence-corrected chi connectivity index (χ4v) is 12.1. The first kappa shape index (κ1) is 78.3. The van der Waals surface area contributed by atoms with E-state index in [4.69, 9.17) is 4.52 Å². The maximum absolute atomic E-state index is 14.2. The molecule has 2 aliphatic rings. The smallest absolute Gasteiger partial charge is 0.344 e. The maximum atomic E-state index is 14.2. The number of nitrogens with zero attached hydrogens (tertiary/aromatic N) is 2. The summed E-state index contributed by atoms with van der Waals surface area (Å²) in [5.74, 6) is 0. The monoisotopic (exact) mass is 1580 g/mol. The molecule has 1 saturated carbocycles. The van der Waals surface area contributed by atoms with Crippen molar-refractivity contribution in [3.63, 3.8) is 0 Å². The van der Waals surface area contributed by atoms with Gasteiger partial charge in [0.2, 0.25) is 6.67 Å². The quantitative estimate of drug-likeness (QED) is 0.0689. The number of alkyl halides is 24. The number of rotatable bonds is 12. The van der Waals surface area contributed by atoms with Crippen LogP contribution >= 0.6 is 8.15 Å². The first-order valence-electron chi connectivity index (χ1n) is 28.2. The normalized spacial score (nSPS) is 15.1. The van der Waals surface area contributed by atoms with Crippen LogP contribution in [0.15, 0.2) is 176 Å². The Kier molecular flexibility index (Phi) is 25.3. The predicted molar refractivity (Wildman–Crippen MR) is 311 cm³/mol. The Bertz CT molecular complexity index is 3180. The van der Waals surface area contributed by atoms with Crippen molar-refractivity contribution in [2.45, 2.75) is 101 Å². The molecule has 0 N–H and O–H groups in total. The van der Waals surface area contributed by atoms with Gasteiger partial charge >= 0.3 is 49.4 Å². The Morgan fingerprint density at radius 1 is 0.375 bits per heavy atom. The Balaban J connectivity index is 0.000000307. The third kappa shape index (κ3) is 20.5. The van der Waals surface area contributed by atoms with Gasteiger partial charge in [-0.05, 0) is 95.0 Å². The van der Waals surface area contributed by atoms with Gasteiger partial charge in [0, 0.05) is 49.2 Å². The molecule has 1 aliphatic carbocycles. The molecule has 1 atom stereocenters. The van der Waals surface area contributed by atoms with E-state index >= 15 is 0 Å². The average molecular weight is 1580 g/mol. The molecule has 517 valence electrons. The Morgan fingerprint density at radius 3 is 0.854 bits per heavy atom. The first-order chi connectivity index (χ1) is 44.0. The van der Waals surface area contributed by atoms with Crippen molar-refractivity contribution in [3.05, 3.63) is 259 Å². The molecule has 3 nitrogen and oxygen atoms in total. The summed E-state index contributed by atoms with van der Waals surface area (Å²) >= 11 is 0. The van der Waals surface area contributed by atoms with Crippen LogP contribution in [0.1, 0.15) is 95.7 Å². The second-order valence-electron chi connectivity index (χ2n) is 21.8. The molecule has 0 bridgehead atoms. The minimum Gasteiger partial charge on any atom is -0.344 e. The molecule has 0 saturated heterocycles. The van der Waals surface area contributed by atoms with Gasteiger partial charge in [0.25, 0.3) is 0 Å². The minimum absolute atomic E-state index is 0. The maximum Gasteiger partial charge on any atom is 0.416 e. The van der Waals surface area contributed by atoms with Crippen LogP contribution in [0.4, 0.5) is 105 Å². The van der Waals surface area contributed by atoms with Gasteiger partial charge in [-0.1, -0.05) is 140 Å². The minimum atomic E-state index is -6.13. The van der Waals surface area contributed by atoms with E-state index in [1.54, 1.807) is 0 Å². The molecular weight excluding hydrogens is 1530 g/mol.